The van der Waals surface area contributed by atoms with Crippen LogP contribution in [0.4, 0.5) is 16.2 Å². The molecule has 0 saturated carbocycles. The van der Waals surface area contributed by atoms with Crippen LogP contribution in [0.25, 0.3) is 0 Å². The Morgan fingerprint density at radius 2 is 1.47 bits per heavy atom. The number of nitrogens with zero attached hydrogens (tertiary/aromatic N) is 1. The van der Waals surface area contributed by atoms with Gasteiger partial charge < -0.3 is 15.4 Å². The lowest BCUT2D eigenvalue weighted by atomic mass is 10.1. The van der Waals surface area contributed by atoms with Crippen LogP contribution in [0, 0.1) is 13.8 Å². The van der Waals surface area contributed by atoms with Gasteiger partial charge in [-0.05, 0) is 79.6 Å². The van der Waals surface area contributed by atoms with E-state index in [0.29, 0.717) is 22.7 Å². The summed E-state index contributed by atoms with van der Waals surface area (Å²) in [6.07, 6.45) is 0. The standard InChI is InChI=1S/C30H29N3O3/c1-22-9-8-11-24(21-22)32-30(35)33(20-19-31-29(34)28-14-7-6-10-23(28)2)25-15-17-27(18-16-25)36-26-12-4-3-5-13-26/h3-18,21H,19-20H2,1-2H3,(H,31,34)(H,32,35). The highest BCUT2D eigenvalue weighted by Crippen LogP contribution is 2.25. The van der Waals surface area contributed by atoms with Crippen molar-refractivity contribution >= 4 is 23.3 Å². The van der Waals surface area contributed by atoms with Crippen molar-refractivity contribution in [2.24, 2.45) is 0 Å². The maximum atomic E-state index is 13.3. The van der Waals surface area contributed by atoms with Crippen molar-refractivity contribution in [3.63, 3.8) is 0 Å². The molecule has 0 saturated heterocycles. The van der Waals surface area contributed by atoms with Crippen LogP contribution >= 0.6 is 0 Å². The summed E-state index contributed by atoms with van der Waals surface area (Å²) in [5, 5.41) is 5.88. The topological polar surface area (TPSA) is 70.7 Å². The highest BCUT2D eigenvalue weighted by Gasteiger charge is 2.17. The molecule has 36 heavy (non-hydrogen) atoms. The van der Waals surface area contributed by atoms with Gasteiger partial charge in [0, 0.05) is 30.0 Å². The molecule has 6 heteroatoms. The van der Waals surface area contributed by atoms with E-state index >= 15 is 0 Å². The molecule has 0 aromatic heterocycles. The predicted molar refractivity (Wildman–Crippen MR) is 144 cm³/mol. The number of carbonyl (C=O) groups excluding carboxylic acids is 2. The van der Waals surface area contributed by atoms with Crippen LogP contribution in [-0.2, 0) is 0 Å². The summed E-state index contributed by atoms with van der Waals surface area (Å²) >= 11 is 0. The van der Waals surface area contributed by atoms with Crippen molar-refractivity contribution in [3.05, 3.63) is 120 Å². The van der Waals surface area contributed by atoms with E-state index in [1.54, 1.807) is 11.0 Å². The van der Waals surface area contributed by atoms with Gasteiger partial charge in [-0.15, -0.1) is 0 Å². The summed E-state index contributed by atoms with van der Waals surface area (Å²) in [4.78, 5) is 27.5. The Morgan fingerprint density at radius 1 is 0.778 bits per heavy atom. The lowest BCUT2D eigenvalue weighted by Crippen LogP contribution is -2.41. The fourth-order valence-corrected chi connectivity index (χ4v) is 3.78. The average Bonchev–Trinajstić information content (AvgIpc) is 2.88. The normalized spacial score (nSPS) is 10.4. The largest absolute Gasteiger partial charge is 0.457 e. The Labute approximate surface area is 211 Å². The van der Waals surface area contributed by atoms with Gasteiger partial charge in [0.2, 0.25) is 0 Å². The summed E-state index contributed by atoms with van der Waals surface area (Å²) < 4.78 is 5.88. The van der Waals surface area contributed by atoms with Gasteiger partial charge >= 0.3 is 6.03 Å². The molecule has 0 heterocycles. The SMILES string of the molecule is Cc1cccc(NC(=O)N(CCNC(=O)c2ccccc2C)c2ccc(Oc3ccccc3)cc2)c1. The van der Waals surface area contributed by atoms with Crippen molar-refractivity contribution in [2.75, 3.05) is 23.3 Å². The van der Waals surface area contributed by atoms with E-state index in [1.807, 2.05) is 111 Å². The minimum atomic E-state index is -0.289. The van der Waals surface area contributed by atoms with Crippen LogP contribution in [0.15, 0.2) is 103 Å². The molecule has 0 spiro atoms. The number of ether oxygens (including phenoxy) is 1. The van der Waals surface area contributed by atoms with E-state index < -0.39 is 0 Å². The molecule has 0 aliphatic carbocycles. The highest BCUT2D eigenvalue weighted by molar-refractivity contribution is 6.02. The number of anilines is 2. The van der Waals surface area contributed by atoms with Gasteiger partial charge in [0.1, 0.15) is 11.5 Å². The number of para-hydroxylation sites is 1. The number of hydrogen-bond acceptors (Lipinski definition) is 3. The van der Waals surface area contributed by atoms with Crippen LogP contribution in [0.3, 0.4) is 0 Å². The van der Waals surface area contributed by atoms with Gasteiger partial charge in [-0.3, -0.25) is 9.69 Å². The summed E-state index contributed by atoms with van der Waals surface area (Å²) in [5.74, 6) is 1.23. The van der Waals surface area contributed by atoms with Crippen molar-refractivity contribution in [3.8, 4) is 11.5 Å². The molecule has 0 aliphatic rings. The second-order valence-corrected chi connectivity index (χ2v) is 8.43. The Balaban J connectivity index is 1.48. The third-order valence-corrected chi connectivity index (χ3v) is 5.65. The molecule has 0 unspecified atom stereocenters. The second kappa shape index (κ2) is 11.7. The number of amides is 3. The first-order valence-corrected chi connectivity index (χ1v) is 11.8. The lowest BCUT2D eigenvalue weighted by molar-refractivity contribution is 0.0954. The Bertz CT molecular complexity index is 1320. The molecule has 4 rings (SSSR count). The van der Waals surface area contributed by atoms with Crippen LogP contribution in [0.5, 0.6) is 11.5 Å². The van der Waals surface area contributed by atoms with Crippen LogP contribution in [0.1, 0.15) is 21.5 Å². The van der Waals surface area contributed by atoms with Gasteiger partial charge in [0.05, 0.1) is 0 Å². The number of nitrogens with one attached hydrogen (secondary N) is 2. The van der Waals surface area contributed by atoms with E-state index in [4.69, 9.17) is 4.74 Å². The van der Waals surface area contributed by atoms with Crippen LogP contribution in [0.2, 0.25) is 0 Å². The molecule has 182 valence electrons. The summed E-state index contributed by atoms with van der Waals surface area (Å²) in [7, 11) is 0. The Hall–Kier alpha value is -4.58. The number of carbonyl (C=O) groups is 2. The first kappa shape index (κ1) is 24.5. The zero-order valence-electron chi connectivity index (χ0n) is 20.4. The van der Waals surface area contributed by atoms with Crippen molar-refractivity contribution in [2.45, 2.75) is 13.8 Å². The monoisotopic (exact) mass is 479 g/mol. The van der Waals surface area contributed by atoms with E-state index in [1.165, 1.54) is 0 Å². The maximum Gasteiger partial charge on any atom is 0.326 e. The van der Waals surface area contributed by atoms with Gasteiger partial charge in [-0.2, -0.15) is 0 Å². The first-order valence-electron chi connectivity index (χ1n) is 11.8. The Morgan fingerprint density at radius 3 is 2.19 bits per heavy atom. The number of rotatable bonds is 8. The summed E-state index contributed by atoms with van der Waals surface area (Å²) in [5.41, 5.74) is 3.96. The minimum absolute atomic E-state index is 0.168. The third kappa shape index (κ3) is 6.51. The fraction of sp³-hybridized carbons (Fsp3) is 0.133. The second-order valence-electron chi connectivity index (χ2n) is 8.43. The molecular weight excluding hydrogens is 450 g/mol. The fourth-order valence-electron chi connectivity index (χ4n) is 3.78. The minimum Gasteiger partial charge on any atom is -0.457 e. The molecule has 2 N–H and O–H groups in total. The van der Waals surface area contributed by atoms with E-state index in [9.17, 15) is 9.59 Å². The molecule has 0 fully saturated rings. The van der Waals surface area contributed by atoms with Crippen LogP contribution in [-0.4, -0.2) is 25.0 Å². The van der Waals surface area contributed by atoms with Gasteiger partial charge in [0.25, 0.3) is 5.91 Å². The van der Waals surface area contributed by atoms with Crippen molar-refractivity contribution < 1.29 is 14.3 Å². The highest BCUT2D eigenvalue weighted by atomic mass is 16.5. The molecule has 0 bridgehead atoms. The number of urea groups is 1. The van der Waals surface area contributed by atoms with E-state index in [0.717, 1.165) is 16.9 Å². The molecule has 0 aliphatic heterocycles. The molecule has 6 nitrogen and oxygen atoms in total. The number of aryl methyl sites for hydroxylation is 2. The van der Waals surface area contributed by atoms with Crippen LogP contribution < -0.4 is 20.3 Å². The smallest absolute Gasteiger partial charge is 0.326 e. The third-order valence-electron chi connectivity index (χ3n) is 5.65. The van der Waals surface area contributed by atoms with Crippen molar-refractivity contribution in [1.82, 2.24) is 5.32 Å². The molecule has 3 amide bonds. The summed E-state index contributed by atoms with van der Waals surface area (Å²) in [6, 6.07) is 31.6. The van der Waals surface area contributed by atoms with Gasteiger partial charge in [-0.25, -0.2) is 4.79 Å². The van der Waals surface area contributed by atoms with E-state index in [2.05, 4.69) is 10.6 Å². The van der Waals surface area contributed by atoms with E-state index in [-0.39, 0.29) is 25.0 Å². The number of benzene rings is 4. The zero-order chi connectivity index (χ0) is 25.3. The summed E-state index contributed by atoms with van der Waals surface area (Å²) in [6.45, 7) is 4.44. The molecule has 0 radical (unpaired) electrons. The molecular formula is C30H29N3O3. The quantitative estimate of drug-likeness (QED) is 0.300. The molecule has 4 aromatic carbocycles. The lowest BCUT2D eigenvalue weighted by Gasteiger charge is -2.24. The predicted octanol–water partition coefficient (Wildman–Crippen LogP) is 6.56. The number of hydrogen-bond donors (Lipinski definition) is 2. The van der Waals surface area contributed by atoms with Gasteiger partial charge in [-0.1, -0.05) is 48.5 Å². The first-order chi connectivity index (χ1) is 17.5. The maximum absolute atomic E-state index is 13.3. The molecule has 0 atom stereocenters. The Kier molecular flexibility index (Phi) is 7.98. The zero-order valence-corrected chi connectivity index (χ0v) is 20.4. The van der Waals surface area contributed by atoms with Crippen molar-refractivity contribution in [1.29, 1.82) is 0 Å². The average molecular weight is 480 g/mol. The molecule has 4 aromatic rings. The van der Waals surface area contributed by atoms with Gasteiger partial charge in [0.15, 0.2) is 0 Å².